The molecule has 0 aromatic heterocycles. The minimum Gasteiger partial charge on any atom is -0.311 e. The Balaban J connectivity index is 2.14. The molecule has 1 aliphatic heterocycles. The van der Waals surface area contributed by atoms with Crippen molar-refractivity contribution < 1.29 is 0 Å². The summed E-state index contributed by atoms with van der Waals surface area (Å²) in [5, 5.41) is 0. The van der Waals surface area contributed by atoms with Gasteiger partial charge in [-0.15, -0.1) is 0 Å². The Morgan fingerprint density at radius 3 is 2.82 bits per heavy atom. The van der Waals surface area contributed by atoms with E-state index < -0.39 is 0 Å². The van der Waals surface area contributed by atoms with Crippen LogP contribution >= 0.6 is 11.9 Å². The van der Waals surface area contributed by atoms with Crippen molar-refractivity contribution in [1.29, 1.82) is 0 Å². The smallest absolute Gasteiger partial charge is 0.131 e. The number of rotatable bonds is 4. The number of hydrogen-bond acceptors (Lipinski definition) is 3. The van der Waals surface area contributed by atoms with Crippen molar-refractivity contribution in [3.05, 3.63) is 58.6 Å². The first-order valence-corrected chi connectivity index (χ1v) is 8.84. The van der Waals surface area contributed by atoms with Gasteiger partial charge in [-0.25, -0.2) is 0 Å². The second-order valence-corrected chi connectivity index (χ2v) is 6.58. The summed E-state index contributed by atoms with van der Waals surface area (Å²) >= 11 is 1.62. The topological polar surface area (TPSA) is 24.4 Å². The Labute approximate surface area is 139 Å². The predicted molar refractivity (Wildman–Crippen MR) is 99.9 cm³/mol. The first kappa shape index (κ1) is 16.9. The Kier molecular flexibility index (Phi) is 6.32. The Morgan fingerprint density at radius 1 is 1.36 bits per heavy atom. The highest BCUT2D eigenvalue weighted by molar-refractivity contribution is 8.01. The van der Waals surface area contributed by atoms with Crippen LogP contribution in [0.2, 0.25) is 0 Å². The van der Waals surface area contributed by atoms with Crippen LogP contribution in [0.1, 0.15) is 40.5 Å². The Hall–Kier alpha value is -1.48. The fourth-order valence-electron chi connectivity index (χ4n) is 2.66. The van der Waals surface area contributed by atoms with Crippen LogP contribution in [0.3, 0.4) is 0 Å². The van der Waals surface area contributed by atoms with Crippen molar-refractivity contribution in [3.8, 4) is 0 Å². The van der Waals surface area contributed by atoms with Crippen molar-refractivity contribution in [2.45, 2.75) is 46.6 Å². The van der Waals surface area contributed by atoms with Crippen molar-refractivity contribution in [2.75, 3.05) is 0 Å². The van der Waals surface area contributed by atoms with E-state index in [9.17, 15) is 0 Å². The standard InChI is InChI=1S/C19H26N2S/c1-5-10-17(6-2)22-21-19-13-18(14(3)15(4)20-19)16-11-8-7-9-12-16/h5-8,10-11,13-15H,9,12H2,1-4H3,(H,20,21)/b10-5-,17-6+/t14-,15+/m0/s1. The fraction of sp³-hybridized carbons (Fsp3) is 0.421. The van der Waals surface area contributed by atoms with Gasteiger partial charge in [-0.05, 0) is 62.8 Å². The molecule has 0 bridgehead atoms. The van der Waals surface area contributed by atoms with Gasteiger partial charge in [-0.1, -0.05) is 43.4 Å². The number of hydrogen-bond donors (Lipinski definition) is 1. The molecule has 0 aromatic rings. The number of allylic oxidation sites excluding steroid dienone is 7. The maximum atomic E-state index is 4.79. The SMILES string of the molecule is C/C=C\C(=C/C)SNC1=N[C@H](C)[C@H](C)C(C2=CC=CCC2)=C1. The molecule has 2 atom stereocenters. The highest BCUT2D eigenvalue weighted by Gasteiger charge is 2.24. The molecule has 0 fully saturated rings. The summed E-state index contributed by atoms with van der Waals surface area (Å²) in [6.07, 6.45) is 17.4. The lowest BCUT2D eigenvalue weighted by atomic mass is 9.83. The second kappa shape index (κ2) is 8.23. The van der Waals surface area contributed by atoms with Crippen LogP contribution in [0, 0.1) is 5.92 Å². The van der Waals surface area contributed by atoms with Gasteiger partial charge in [0.15, 0.2) is 0 Å². The van der Waals surface area contributed by atoms with E-state index in [0.717, 1.165) is 18.7 Å². The van der Waals surface area contributed by atoms with Crippen molar-refractivity contribution in [3.63, 3.8) is 0 Å². The third kappa shape index (κ3) is 4.26. The molecule has 1 N–H and O–H groups in total. The van der Waals surface area contributed by atoms with Gasteiger partial charge in [0, 0.05) is 10.8 Å². The zero-order valence-corrected chi connectivity index (χ0v) is 14.8. The predicted octanol–water partition coefficient (Wildman–Crippen LogP) is 5.34. The van der Waals surface area contributed by atoms with Crippen LogP contribution in [0.25, 0.3) is 0 Å². The van der Waals surface area contributed by atoms with E-state index in [0.29, 0.717) is 12.0 Å². The number of amidine groups is 1. The minimum atomic E-state index is 0.311. The number of aliphatic imine (C=N–C) groups is 1. The molecule has 0 amide bonds. The molecular formula is C19H26N2S. The van der Waals surface area contributed by atoms with Crippen LogP contribution in [0.5, 0.6) is 0 Å². The maximum Gasteiger partial charge on any atom is 0.131 e. The van der Waals surface area contributed by atoms with E-state index in [1.54, 1.807) is 11.9 Å². The number of nitrogens with one attached hydrogen (secondary N) is 1. The lowest BCUT2D eigenvalue weighted by Gasteiger charge is -2.28. The van der Waals surface area contributed by atoms with E-state index in [-0.39, 0.29) is 0 Å². The summed E-state index contributed by atoms with van der Waals surface area (Å²) in [5.41, 5.74) is 2.89. The van der Waals surface area contributed by atoms with Gasteiger partial charge in [0.25, 0.3) is 0 Å². The lowest BCUT2D eigenvalue weighted by molar-refractivity contribution is 0.549. The highest BCUT2D eigenvalue weighted by Crippen LogP contribution is 2.32. The zero-order chi connectivity index (χ0) is 15.9. The van der Waals surface area contributed by atoms with Gasteiger partial charge < -0.3 is 4.72 Å². The molecule has 0 radical (unpaired) electrons. The third-order valence-corrected chi connectivity index (χ3v) is 5.04. The van der Waals surface area contributed by atoms with E-state index in [2.05, 4.69) is 68.0 Å². The zero-order valence-electron chi connectivity index (χ0n) is 14.0. The molecule has 1 heterocycles. The summed E-state index contributed by atoms with van der Waals surface area (Å²) in [6.45, 7) is 8.57. The summed E-state index contributed by atoms with van der Waals surface area (Å²) in [4.78, 5) is 5.99. The fourth-order valence-corrected chi connectivity index (χ4v) is 3.31. The molecule has 0 saturated carbocycles. The Morgan fingerprint density at radius 2 is 2.18 bits per heavy atom. The lowest BCUT2D eigenvalue weighted by Crippen LogP contribution is -2.27. The van der Waals surface area contributed by atoms with Crippen LogP contribution in [0.15, 0.2) is 63.6 Å². The molecular weight excluding hydrogens is 288 g/mol. The van der Waals surface area contributed by atoms with E-state index >= 15 is 0 Å². The molecule has 22 heavy (non-hydrogen) atoms. The van der Waals surface area contributed by atoms with Gasteiger partial charge in [0.2, 0.25) is 0 Å². The monoisotopic (exact) mass is 314 g/mol. The molecule has 2 nitrogen and oxygen atoms in total. The molecule has 0 aromatic carbocycles. The van der Waals surface area contributed by atoms with Gasteiger partial charge in [0.05, 0.1) is 6.04 Å². The van der Waals surface area contributed by atoms with E-state index in [1.165, 1.54) is 16.1 Å². The van der Waals surface area contributed by atoms with Crippen LogP contribution in [-0.4, -0.2) is 11.9 Å². The quantitative estimate of drug-likeness (QED) is 0.559. The summed E-state index contributed by atoms with van der Waals surface area (Å²) in [7, 11) is 0. The van der Waals surface area contributed by atoms with Gasteiger partial charge in [-0.2, -0.15) is 0 Å². The molecule has 118 valence electrons. The van der Waals surface area contributed by atoms with Gasteiger partial charge in [-0.3, -0.25) is 4.99 Å². The molecule has 0 spiro atoms. The average molecular weight is 314 g/mol. The van der Waals surface area contributed by atoms with Gasteiger partial charge in [0.1, 0.15) is 5.84 Å². The average Bonchev–Trinajstić information content (AvgIpc) is 2.55. The summed E-state index contributed by atoms with van der Waals surface area (Å²) in [5.74, 6) is 1.45. The van der Waals surface area contributed by atoms with E-state index in [1.807, 2.05) is 6.92 Å². The summed E-state index contributed by atoms with van der Waals surface area (Å²) in [6, 6.07) is 0.311. The highest BCUT2D eigenvalue weighted by atomic mass is 32.2. The first-order chi connectivity index (χ1) is 10.7. The Bertz CT molecular complexity index is 576. The van der Waals surface area contributed by atoms with Crippen LogP contribution in [-0.2, 0) is 0 Å². The van der Waals surface area contributed by atoms with Crippen LogP contribution < -0.4 is 4.72 Å². The second-order valence-electron chi connectivity index (χ2n) is 5.70. The van der Waals surface area contributed by atoms with Crippen molar-refractivity contribution in [2.24, 2.45) is 10.9 Å². The molecule has 3 heteroatoms. The third-order valence-electron chi connectivity index (χ3n) is 4.12. The summed E-state index contributed by atoms with van der Waals surface area (Å²) < 4.78 is 3.40. The molecule has 2 rings (SSSR count). The van der Waals surface area contributed by atoms with Crippen LogP contribution in [0.4, 0.5) is 0 Å². The largest absolute Gasteiger partial charge is 0.311 e. The molecule has 0 saturated heterocycles. The number of nitrogens with zero attached hydrogens (tertiary/aromatic N) is 1. The molecule has 0 unspecified atom stereocenters. The minimum absolute atomic E-state index is 0.311. The normalized spacial score (nSPS) is 25.8. The first-order valence-electron chi connectivity index (χ1n) is 8.03. The van der Waals surface area contributed by atoms with Crippen molar-refractivity contribution >= 4 is 17.8 Å². The maximum absolute atomic E-state index is 4.79. The molecule has 1 aliphatic carbocycles. The van der Waals surface area contributed by atoms with Crippen molar-refractivity contribution in [1.82, 2.24) is 4.72 Å². The number of dihydropyridines is 1. The van der Waals surface area contributed by atoms with E-state index in [4.69, 9.17) is 4.99 Å². The van der Waals surface area contributed by atoms with Gasteiger partial charge >= 0.3 is 0 Å². The molecule has 2 aliphatic rings.